The smallest absolute Gasteiger partial charge is 0.255 e. The number of benzene rings is 2. The molecule has 2 aromatic carbocycles. The van der Waals surface area contributed by atoms with Crippen molar-refractivity contribution < 1.29 is 18.0 Å². The van der Waals surface area contributed by atoms with Crippen molar-refractivity contribution in [3.63, 3.8) is 0 Å². The first-order chi connectivity index (χ1) is 15.7. The van der Waals surface area contributed by atoms with Crippen molar-refractivity contribution in [2.45, 2.75) is 32.1 Å². The van der Waals surface area contributed by atoms with E-state index in [-0.39, 0.29) is 27.3 Å². The van der Waals surface area contributed by atoms with Crippen LogP contribution in [-0.4, -0.2) is 73.6 Å². The fourth-order valence-corrected chi connectivity index (χ4v) is 5.57. The average Bonchev–Trinajstić information content (AvgIpc) is 2.84. The molecule has 9 heteroatoms. The molecule has 0 bridgehead atoms. The van der Waals surface area contributed by atoms with Crippen molar-refractivity contribution in [2.75, 3.05) is 39.3 Å². The van der Waals surface area contributed by atoms with E-state index >= 15 is 0 Å². The molecule has 0 N–H and O–H groups in total. The quantitative estimate of drug-likeness (QED) is 0.593. The first-order valence-electron chi connectivity index (χ1n) is 11.2. The second-order valence-corrected chi connectivity index (χ2v) is 10.2. The van der Waals surface area contributed by atoms with Crippen LogP contribution in [0.25, 0.3) is 0 Å². The Morgan fingerprint density at radius 1 is 0.879 bits per heavy atom. The monoisotopic (exact) mass is 491 g/mol. The number of halogens is 1. The van der Waals surface area contributed by atoms with Crippen LogP contribution in [0.1, 0.15) is 47.1 Å². The summed E-state index contributed by atoms with van der Waals surface area (Å²) in [5, 5.41) is 0.202. The normalized spacial score (nSPS) is 14.6. The van der Waals surface area contributed by atoms with E-state index in [0.29, 0.717) is 44.8 Å². The molecule has 0 unspecified atom stereocenters. The van der Waals surface area contributed by atoms with Gasteiger partial charge in [0.15, 0.2) is 0 Å². The largest absolute Gasteiger partial charge is 0.335 e. The Labute approximate surface area is 201 Å². The van der Waals surface area contributed by atoms with Crippen LogP contribution in [0.5, 0.6) is 0 Å². The summed E-state index contributed by atoms with van der Waals surface area (Å²) in [6.07, 6.45) is 0.912. The number of amides is 2. The minimum absolute atomic E-state index is 0.0447. The molecule has 33 heavy (non-hydrogen) atoms. The zero-order valence-corrected chi connectivity index (χ0v) is 20.8. The van der Waals surface area contributed by atoms with Gasteiger partial charge >= 0.3 is 0 Å². The second kappa shape index (κ2) is 10.7. The van der Waals surface area contributed by atoms with Crippen molar-refractivity contribution in [1.82, 2.24) is 14.1 Å². The lowest BCUT2D eigenvalue weighted by Crippen LogP contribution is -2.50. The first kappa shape index (κ1) is 25.2. The highest BCUT2D eigenvalue weighted by Gasteiger charge is 2.28. The highest BCUT2D eigenvalue weighted by molar-refractivity contribution is 7.89. The van der Waals surface area contributed by atoms with E-state index in [1.165, 1.54) is 28.1 Å². The van der Waals surface area contributed by atoms with Crippen LogP contribution in [0, 0.1) is 0 Å². The molecule has 0 radical (unpaired) electrons. The van der Waals surface area contributed by atoms with Crippen LogP contribution in [0.4, 0.5) is 0 Å². The molecule has 0 aromatic heterocycles. The number of carbonyl (C=O) groups excluding carboxylic acids is 2. The van der Waals surface area contributed by atoms with Crippen molar-refractivity contribution in [3.8, 4) is 0 Å². The predicted molar refractivity (Wildman–Crippen MR) is 129 cm³/mol. The third-order valence-corrected chi connectivity index (χ3v) is 8.35. The van der Waals surface area contributed by atoms with Crippen molar-refractivity contribution in [1.29, 1.82) is 0 Å². The summed E-state index contributed by atoms with van der Waals surface area (Å²) in [5.41, 5.74) is 1.95. The van der Waals surface area contributed by atoms with Gasteiger partial charge in [-0.2, -0.15) is 4.31 Å². The number of hydrogen-bond donors (Lipinski definition) is 0. The number of sulfonamides is 1. The van der Waals surface area contributed by atoms with Crippen LogP contribution < -0.4 is 0 Å². The predicted octanol–water partition coefficient (Wildman–Crippen LogP) is 3.53. The molecule has 0 saturated carbocycles. The van der Waals surface area contributed by atoms with Gasteiger partial charge in [-0.1, -0.05) is 44.5 Å². The van der Waals surface area contributed by atoms with E-state index in [0.717, 1.165) is 6.42 Å². The number of nitrogens with zero attached hydrogens (tertiary/aromatic N) is 3. The highest BCUT2D eigenvalue weighted by atomic mass is 35.5. The van der Waals surface area contributed by atoms with Gasteiger partial charge in [-0.05, 0) is 42.3 Å². The van der Waals surface area contributed by atoms with Crippen LogP contribution in [-0.2, 0) is 16.4 Å². The molecule has 178 valence electrons. The van der Waals surface area contributed by atoms with Gasteiger partial charge in [-0.3, -0.25) is 9.59 Å². The summed E-state index contributed by atoms with van der Waals surface area (Å²) in [6.45, 7) is 7.76. The molecule has 1 aliphatic rings. The molecular weight excluding hydrogens is 462 g/mol. The van der Waals surface area contributed by atoms with Crippen molar-refractivity contribution >= 4 is 33.4 Å². The molecule has 3 rings (SSSR count). The summed E-state index contributed by atoms with van der Waals surface area (Å²) in [7, 11) is -3.71. The third-order valence-electron chi connectivity index (χ3n) is 5.97. The molecule has 1 aliphatic heterocycles. The van der Waals surface area contributed by atoms with Gasteiger partial charge in [0.25, 0.3) is 11.8 Å². The second-order valence-electron chi connectivity index (χ2n) is 7.87. The minimum atomic E-state index is -3.71. The van der Waals surface area contributed by atoms with Gasteiger partial charge < -0.3 is 9.80 Å². The number of carbonyl (C=O) groups is 2. The third kappa shape index (κ3) is 5.39. The van der Waals surface area contributed by atoms with Crippen LogP contribution in [0.2, 0.25) is 5.02 Å². The molecule has 1 fully saturated rings. The number of aryl methyl sites for hydroxylation is 1. The van der Waals surface area contributed by atoms with Crippen LogP contribution in [0.15, 0.2) is 47.4 Å². The van der Waals surface area contributed by atoms with Gasteiger partial charge in [0.05, 0.1) is 15.5 Å². The van der Waals surface area contributed by atoms with Crippen LogP contribution in [0.3, 0.4) is 0 Å². The van der Waals surface area contributed by atoms with Gasteiger partial charge in [-0.15, -0.1) is 0 Å². The molecule has 0 aliphatic carbocycles. The Balaban J connectivity index is 1.72. The zero-order chi connectivity index (χ0) is 24.2. The maximum Gasteiger partial charge on any atom is 0.255 e. The first-order valence-corrected chi connectivity index (χ1v) is 13.0. The molecule has 1 heterocycles. The van der Waals surface area contributed by atoms with E-state index in [9.17, 15) is 18.0 Å². The molecule has 2 aromatic rings. The lowest BCUT2D eigenvalue weighted by molar-refractivity contribution is 0.0535. The van der Waals surface area contributed by atoms with Crippen molar-refractivity contribution in [2.24, 2.45) is 0 Å². The van der Waals surface area contributed by atoms with Crippen LogP contribution >= 0.6 is 11.6 Å². The molecule has 1 saturated heterocycles. The van der Waals surface area contributed by atoms with E-state index in [1.807, 2.05) is 24.3 Å². The number of rotatable bonds is 7. The topological polar surface area (TPSA) is 78.0 Å². The van der Waals surface area contributed by atoms with Crippen molar-refractivity contribution in [3.05, 3.63) is 64.2 Å². The number of hydrogen-bond acceptors (Lipinski definition) is 4. The lowest BCUT2D eigenvalue weighted by atomic mass is 10.1. The summed E-state index contributed by atoms with van der Waals surface area (Å²) >= 11 is 6.27. The summed E-state index contributed by atoms with van der Waals surface area (Å²) < 4.78 is 27.1. The zero-order valence-electron chi connectivity index (χ0n) is 19.3. The average molecular weight is 492 g/mol. The van der Waals surface area contributed by atoms with Gasteiger partial charge in [0.2, 0.25) is 10.0 Å². The Bertz CT molecular complexity index is 1110. The Hall–Kier alpha value is -2.42. The van der Waals surface area contributed by atoms with E-state index in [4.69, 9.17) is 11.6 Å². The Morgan fingerprint density at radius 3 is 1.94 bits per heavy atom. The minimum Gasteiger partial charge on any atom is -0.335 e. The fourth-order valence-electron chi connectivity index (χ4n) is 3.89. The molecule has 0 atom stereocenters. The fraction of sp³-hybridized carbons (Fsp3) is 0.417. The van der Waals surface area contributed by atoms with E-state index in [2.05, 4.69) is 6.92 Å². The number of piperazine rings is 1. The lowest BCUT2D eigenvalue weighted by Gasteiger charge is -2.35. The maximum absolute atomic E-state index is 13.2. The molecular formula is C24H30ClN3O4S. The van der Waals surface area contributed by atoms with Gasteiger partial charge in [0.1, 0.15) is 0 Å². The summed E-state index contributed by atoms with van der Waals surface area (Å²) in [4.78, 5) is 29.3. The summed E-state index contributed by atoms with van der Waals surface area (Å²) in [6, 6.07) is 11.8. The van der Waals surface area contributed by atoms with Gasteiger partial charge in [0, 0.05) is 44.8 Å². The van der Waals surface area contributed by atoms with Gasteiger partial charge in [-0.25, -0.2) is 8.42 Å². The standard InChI is InChI=1S/C24H30ClN3O4S/c1-4-18-7-9-19(10-8-18)23(29)26-13-15-27(16-14-26)24(30)21-17-20(11-12-22(21)25)33(31,32)28(5-2)6-3/h7-12,17H,4-6,13-16H2,1-3H3. The maximum atomic E-state index is 13.2. The molecule has 0 spiro atoms. The summed E-state index contributed by atoms with van der Waals surface area (Å²) in [5.74, 6) is -0.397. The van der Waals surface area contributed by atoms with E-state index in [1.54, 1.807) is 23.6 Å². The highest BCUT2D eigenvalue weighted by Crippen LogP contribution is 2.25. The Kier molecular flexibility index (Phi) is 8.15. The Morgan fingerprint density at radius 2 is 1.42 bits per heavy atom. The SMILES string of the molecule is CCc1ccc(C(=O)N2CCN(C(=O)c3cc(S(=O)(=O)N(CC)CC)ccc3Cl)CC2)cc1. The molecule has 7 nitrogen and oxygen atoms in total. The molecule has 2 amide bonds. The van der Waals surface area contributed by atoms with E-state index < -0.39 is 10.0 Å².